The third-order valence-electron chi connectivity index (χ3n) is 2.20. The highest BCUT2D eigenvalue weighted by atomic mass is 32.1. The first-order valence-corrected chi connectivity index (χ1v) is 5.96. The van der Waals surface area contributed by atoms with Crippen LogP contribution in [-0.4, -0.2) is 28.3 Å². The first-order chi connectivity index (χ1) is 8.19. The van der Waals surface area contributed by atoms with Gasteiger partial charge in [-0.3, -0.25) is 4.79 Å². The lowest BCUT2D eigenvalue weighted by Crippen LogP contribution is -2.19. The lowest BCUT2D eigenvalue weighted by molar-refractivity contribution is 0.112. The number of nitrogens with zero attached hydrogens (tertiary/aromatic N) is 4. The first-order valence-electron chi connectivity index (χ1n) is 5.08. The predicted molar refractivity (Wildman–Crippen MR) is 66.4 cm³/mol. The van der Waals surface area contributed by atoms with Gasteiger partial charge in [-0.15, -0.1) is 11.3 Å². The minimum atomic E-state index is 0.478. The Hall–Kier alpha value is -1.82. The van der Waals surface area contributed by atoms with E-state index in [4.69, 9.17) is 0 Å². The number of anilines is 1. The molecule has 88 valence electrons. The van der Waals surface area contributed by atoms with Crippen molar-refractivity contribution in [3.8, 4) is 0 Å². The Morgan fingerprint density at radius 1 is 1.41 bits per heavy atom. The molecule has 0 fully saturated rings. The summed E-state index contributed by atoms with van der Waals surface area (Å²) >= 11 is 1.62. The number of carbonyl (C=O) groups excluding carboxylic acids is 1. The summed E-state index contributed by atoms with van der Waals surface area (Å²) in [4.78, 5) is 25.0. The minimum absolute atomic E-state index is 0.478. The molecule has 0 saturated heterocycles. The molecule has 2 heterocycles. The number of aldehydes is 1. The third kappa shape index (κ3) is 2.85. The molecule has 2 aromatic rings. The van der Waals surface area contributed by atoms with E-state index in [0.717, 1.165) is 17.0 Å². The van der Waals surface area contributed by atoms with Crippen molar-refractivity contribution < 1.29 is 4.79 Å². The van der Waals surface area contributed by atoms with Gasteiger partial charge in [0.2, 0.25) is 5.95 Å². The number of thiazole rings is 1. The number of aromatic nitrogens is 3. The minimum Gasteiger partial charge on any atom is -0.338 e. The Morgan fingerprint density at radius 3 is 2.65 bits per heavy atom. The number of aryl methyl sites for hydroxylation is 1. The molecule has 0 amide bonds. The van der Waals surface area contributed by atoms with Crippen LogP contribution >= 0.6 is 11.3 Å². The molecule has 0 spiro atoms. The molecule has 0 bridgehead atoms. The maximum absolute atomic E-state index is 10.5. The average Bonchev–Trinajstić information content (AvgIpc) is 2.75. The summed E-state index contributed by atoms with van der Waals surface area (Å²) in [6.07, 6.45) is 3.75. The molecule has 2 rings (SSSR count). The number of hydrogen-bond acceptors (Lipinski definition) is 6. The van der Waals surface area contributed by atoms with E-state index in [9.17, 15) is 4.79 Å². The van der Waals surface area contributed by atoms with Crippen LogP contribution in [0.25, 0.3) is 0 Å². The zero-order valence-corrected chi connectivity index (χ0v) is 10.4. The Balaban J connectivity index is 2.08. The second-order valence-corrected chi connectivity index (χ2v) is 4.71. The van der Waals surface area contributed by atoms with Crippen LogP contribution in [0.4, 0.5) is 5.95 Å². The van der Waals surface area contributed by atoms with E-state index in [2.05, 4.69) is 15.0 Å². The van der Waals surface area contributed by atoms with Crippen LogP contribution in [0, 0.1) is 6.92 Å². The van der Waals surface area contributed by atoms with Crippen LogP contribution in [0.15, 0.2) is 17.8 Å². The summed E-state index contributed by atoms with van der Waals surface area (Å²) in [5.41, 5.74) is 1.48. The largest absolute Gasteiger partial charge is 0.338 e. The summed E-state index contributed by atoms with van der Waals surface area (Å²) in [6.45, 7) is 2.63. The monoisotopic (exact) mass is 248 g/mol. The zero-order chi connectivity index (χ0) is 12.3. The molecule has 6 heteroatoms. The van der Waals surface area contributed by atoms with Gasteiger partial charge < -0.3 is 4.90 Å². The van der Waals surface area contributed by atoms with Gasteiger partial charge in [0.25, 0.3) is 0 Å². The van der Waals surface area contributed by atoms with Gasteiger partial charge in [-0.1, -0.05) is 0 Å². The lowest BCUT2D eigenvalue weighted by atomic mass is 10.4. The molecular weight excluding hydrogens is 236 g/mol. The number of hydrogen-bond donors (Lipinski definition) is 0. The maximum atomic E-state index is 10.5. The molecule has 0 aliphatic rings. The molecule has 17 heavy (non-hydrogen) atoms. The maximum Gasteiger partial charge on any atom is 0.225 e. The SMILES string of the molecule is Cc1nc(CN(C)c2ncc(C=O)cn2)cs1. The van der Waals surface area contributed by atoms with Crippen molar-refractivity contribution in [1.82, 2.24) is 15.0 Å². The van der Waals surface area contributed by atoms with E-state index in [1.165, 1.54) is 12.4 Å². The summed E-state index contributed by atoms with van der Waals surface area (Å²) in [5, 5.41) is 3.07. The zero-order valence-electron chi connectivity index (χ0n) is 9.62. The molecule has 0 aliphatic carbocycles. The van der Waals surface area contributed by atoms with E-state index < -0.39 is 0 Å². The van der Waals surface area contributed by atoms with Crippen LogP contribution in [0.2, 0.25) is 0 Å². The molecular formula is C11H12N4OS. The van der Waals surface area contributed by atoms with Crippen molar-refractivity contribution in [2.24, 2.45) is 0 Å². The molecule has 2 aromatic heterocycles. The molecule has 5 nitrogen and oxygen atoms in total. The Kier molecular flexibility index (Phi) is 3.43. The Bertz CT molecular complexity index is 508. The second-order valence-electron chi connectivity index (χ2n) is 3.65. The molecule has 0 atom stereocenters. The molecule has 0 aliphatic heterocycles. The van der Waals surface area contributed by atoms with Crippen LogP contribution in [-0.2, 0) is 6.54 Å². The van der Waals surface area contributed by atoms with Crippen molar-refractivity contribution >= 4 is 23.6 Å². The molecule has 0 saturated carbocycles. The highest BCUT2D eigenvalue weighted by molar-refractivity contribution is 7.09. The van der Waals surface area contributed by atoms with Crippen LogP contribution in [0.5, 0.6) is 0 Å². The Labute approximate surface area is 103 Å². The second kappa shape index (κ2) is 5.01. The van der Waals surface area contributed by atoms with Gasteiger partial charge in [0.1, 0.15) is 0 Å². The fraction of sp³-hybridized carbons (Fsp3) is 0.273. The van der Waals surface area contributed by atoms with Crippen LogP contribution < -0.4 is 4.90 Å². The highest BCUT2D eigenvalue weighted by Crippen LogP contribution is 2.12. The van der Waals surface area contributed by atoms with Gasteiger partial charge in [0.05, 0.1) is 22.8 Å². The summed E-state index contributed by atoms with van der Waals surface area (Å²) < 4.78 is 0. The van der Waals surface area contributed by atoms with Gasteiger partial charge in [0.15, 0.2) is 6.29 Å². The molecule has 0 unspecified atom stereocenters. The molecule has 0 aromatic carbocycles. The van der Waals surface area contributed by atoms with Gasteiger partial charge in [0, 0.05) is 24.8 Å². The van der Waals surface area contributed by atoms with E-state index in [-0.39, 0.29) is 0 Å². The topological polar surface area (TPSA) is 59.0 Å². The van der Waals surface area contributed by atoms with Crippen LogP contribution in [0.1, 0.15) is 21.1 Å². The van der Waals surface area contributed by atoms with Crippen molar-refractivity contribution in [2.45, 2.75) is 13.5 Å². The van der Waals surface area contributed by atoms with E-state index >= 15 is 0 Å². The molecule has 0 N–H and O–H groups in total. The third-order valence-corrected chi connectivity index (χ3v) is 3.02. The normalized spacial score (nSPS) is 10.2. The fourth-order valence-corrected chi connectivity index (χ4v) is 1.99. The number of rotatable bonds is 4. The van der Waals surface area contributed by atoms with E-state index in [1.54, 1.807) is 11.3 Å². The predicted octanol–water partition coefficient (Wildman–Crippen LogP) is 1.69. The van der Waals surface area contributed by atoms with Crippen molar-refractivity contribution in [1.29, 1.82) is 0 Å². The first kappa shape index (κ1) is 11.7. The smallest absolute Gasteiger partial charge is 0.225 e. The van der Waals surface area contributed by atoms with Gasteiger partial charge >= 0.3 is 0 Å². The summed E-state index contributed by atoms with van der Waals surface area (Å²) in [6, 6.07) is 0. The Morgan fingerprint density at radius 2 is 2.12 bits per heavy atom. The van der Waals surface area contributed by atoms with Gasteiger partial charge in [-0.05, 0) is 6.92 Å². The van der Waals surface area contributed by atoms with Gasteiger partial charge in [-0.25, -0.2) is 15.0 Å². The highest BCUT2D eigenvalue weighted by Gasteiger charge is 2.07. The van der Waals surface area contributed by atoms with E-state index in [0.29, 0.717) is 18.1 Å². The fourth-order valence-electron chi connectivity index (χ4n) is 1.38. The standard InChI is InChI=1S/C11H12N4OS/c1-8-14-10(7-17-8)5-15(2)11-12-3-9(6-16)4-13-11/h3-4,6-7H,5H2,1-2H3. The van der Waals surface area contributed by atoms with Crippen molar-refractivity contribution in [2.75, 3.05) is 11.9 Å². The quantitative estimate of drug-likeness (QED) is 0.771. The summed E-state index contributed by atoms with van der Waals surface area (Å²) in [5.74, 6) is 0.584. The van der Waals surface area contributed by atoms with Crippen LogP contribution in [0.3, 0.4) is 0 Å². The number of carbonyl (C=O) groups is 1. The lowest BCUT2D eigenvalue weighted by Gasteiger charge is -2.14. The molecule has 0 radical (unpaired) electrons. The van der Waals surface area contributed by atoms with Gasteiger partial charge in [-0.2, -0.15) is 0 Å². The van der Waals surface area contributed by atoms with E-state index in [1.807, 2.05) is 24.3 Å². The summed E-state index contributed by atoms with van der Waals surface area (Å²) in [7, 11) is 1.89. The average molecular weight is 248 g/mol. The van der Waals surface area contributed by atoms with Crippen molar-refractivity contribution in [3.63, 3.8) is 0 Å². The van der Waals surface area contributed by atoms with Crippen molar-refractivity contribution in [3.05, 3.63) is 34.0 Å².